The highest BCUT2D eigenvalue weighted by atomic mass is 16.5. The van der Waals surface area contributed by atoms with Crippen LogP contribution in [0, 0.1) is 0 Å². The smallest absolute Gasteiger partial charge is 0.305 e. The Bertz CT molecular complexity index is 191. The Labute approximate surface area is 56.9 Å². The molecule has 0 heterocycles. The van der Waals surface area contributed by atoms with Crippen LogP contribution in [0.25, 0.3) is 0 Å². The lowest BCUT2D eigenvalue weighted by molar-refractivity contribution is -0.143. The van der Waals surface area contributed by atoms with Gasteiger partial charge in [-0.15, -0.1) is 0 Å². The molecule has 0 aliphatic carbocycles. The number of ether oxygens (including phenoxy) is 1. The summed E-state index contributed by atoms with van der Waals surface area (Å²) in [5.41, 5.74) is 0. The second kappa shape index (κ2) is 4.62. The molecule has 0 spiro atoms. The Morgan fingerprint density at radius 2 is 2.75 bits per heavy atom. The summed E-state index contributed by atoms with van der Waals surface area (Å²) in [5.74, 6) is -1.26. The van der Waals surface area contributed by atoms with Gasteiger partial charge in [-0.2, -0.15) is 0 Å². The Morgan fingerprint density at radius 1 is 2.00 bits per heavy atom. The number of rotatable bonds is 3. The maximum atomic E-state index is 10.9. The van der Waals surface area contributed by atoms with E-state index in [0.29, 0.717) is 0 Å². The SMILES string of the molecule is [2H]CC([2H])([2H])C([2H])([2H])C(=O)OCC. The zero-order valence-electron chi connectivity index (χ0n) is 9.73. The summed E-state index contributed by atoms with van der Waals surface area (Å²) in [4.78, 5) is 10.9. The zero-order chi connectivity index (χ0) is 10.7. The first kappa shape index (κ1) is 2.38. The molecule has 2 heteroatoms. The van der Waals surface area contributed by atoms with Crippen LogP contribution in [0.15, 0.2) is 0 Å². The Hall–Kier alpha value is -0.530. The van der Waals surface area contributed by atoms with Crippen molar-refractivity contribution in [3.63, 3.8) is 0 Å². The average Bonchev–Trinajstić information content (AvgIpc) is 2.04. The molecular formula is C6H12O2. The highest BCUT2D eigenvalue weighted by molar-refractivity contribution is 5.69. The van der Waals surface area contributed by atoms with Crippen LogP contribution in [-0.2, 0) is 9.53 Å². The van der Waals surface area contributed by atoms with Crippen LogP contribution in [0.2, 0.25) is 0 Å². The van der Waals surface area contributed by atoms with Gasteiger partial charge in [-0.1, -0.05) is 6.90 Å². The van der Waals surface area contributed by atoms with Gasteiger partial charge in [0.25, 0.3) is 0 Å². The Kier molecular flexibility index (Phi) is 1.37. The summed E-state index contributed by atoms with van der Waals surface area (Å²) in [5, 5.41) is 0. The molecule has 0 N–H and O–H groups in total. The molecule has 8 heavy (non-hydrogen) atoms. The van der Waals surface area contributed by atoms with Gasteiger partial charge in [-0.3, -0.25) is 4.79 Å². The number of carbonyl (C=O) groups excluding carboxylic acids is 1. The third kappa shape index (κ3) is 3.65. The van der Waals surface area contributed by atoms with Crippen molar-refractivity contribution in [3.05, 3.63) is 0 Å². The molecule has 0 rings (SSSR count). The fraction of sp³-hybridized carbons (Fsp3) is 0.833. The molecule has 0 aromatic heterocycles. The second-order valence-corrected chi connectivity index (χ2v) is 1.02. The van der Waals surface area contributed by atoms with Gasteiger partial charge in [0.1, 0.15) is 0 Å². The minimum absolute atomic E-state index is 0.00752. The van der Waals surface area contributed by atoms with Gasteiger partial charge in [-0.25, -0.2) is 0 Å². The average molecular weight is 121 g/mol. The monoisotopic (exact) mass is 121 g/mol. The van der Waals surface area contributed by atoms with Crippen LogP contribution in [-0.4, -0.2) is 12.6 Å². The molecule has 2 nitrogen and oxygen atoms in total. The van der Waals surface area contributed by atoms with E-state index in [1.54, 1.807) is 0 Å². The van der Waals surface area contributed by atoms with Gasteiger partial charge >= 0.3 is 5.97 Å². The predicted octanol–water partition coefficient (Wildman–Crippen LogP) is 1.35. The predicted molar refractivity (Wildman–Crippen MR) is 31.5 cm³/mol. The fourth-order valence-corrected chi connectivity index (χ4v) is 0.239. The lowest BCUT2D eigenvalue weighted by Crippen LogP contribution is -2.01. The molecule has 0 aliphatic rings. The van der Waals surface area contributed by atoms with E-state index in [2.05, 4.69) is 4.74 Å². The van der Waals surface area contributed by atoms with Gasteiger partial charge in [0.05, 0.1) is 6.61 Å². The van der Waals surface area contributed by atoms with Crippen molar-refractivity contribution in [2.24, 2.45) is 0 Å². The molecule has 0 radical (unpaired) electrons. The summed E-state index contributed by atoms with van der Waals surface area (Å²) in [6.07, 6.45) is -5.27. The first-order valence-corrected chi connectivity index (χ1v) is 2.26. The molecule has 0 atom stereocenters. The molecule has 0 saturated carbocycles. The summed E-state index contributed by atoms with van der Waals surface area (Å²) in [7, 11) is 0. The van der Waals surface area contributed by atoms with E-state index in [9.17, 15) is 4.79 Å². The quantitative estimate of drug-likeness (QED) is 0.527. The normalized spacial score (nSPS) is 21.4. The molecule has 0 saturated heterocycles. The van der Waals surface area contributed by atoms with E-state index in [1.165, 1.54) is 6.92 Å². The minimum Gasteiger partial charge on any atom is -0.466 e. The van der Waals surface area contributed by atoms with Crippen molar-refractivity contribution in [1.29, 1.82) is 0 Å². The second-order valence-electron chi connectivity index (χ2n) is 1.02. The van der Waals surface area contributed by atoms with E-state index in [1.807, 2.05) is 0 Å². The number of esters is 1. The summed E-state index contributed by atoms with van der Waals surface area (Å²) >= 11 is 0. The highest BCUT2D eigenvalue weighted by Crippen LogP contribution is 1.89. The van der Waals surface area contributed by atoms with E-state index in [4.69, 9.17) is 6.85 Å². The first-order chi connectivity index (χ1) is 5.79. The highest BCUT2D eigenvalue weighted by Gasteiger charge is 1.95. The maximum Gasteiger partial charge on any atom is 0.305 e. The minimum atomic E-state index is -2.76. The van der Waals surface area contributed by atoms with Crippen molar-refractivity contribution >= 4 is 5.97 Å². The molecule has 48 valence electrons. The topological polar surface area (TPSA) is 26.3 Å². The number of hydrogen-bond acceptors (Lipinski definition) is 2. The van der Waals surface area contributed by atoms with Crippen LogP contribution in [0.5, 0.6) is 0 Å². The molecule has 0 unspecified atom stereocenters. The van der Waals surface area contributed by atoms with Crippen LogP contribution < -0.4 is 0 Å². The Balaban J connectivity index is 4.64. The molecule has 0 aliphatic heterocycles. The molecule has 0 aromatic rings. The Morgan fingerprint density at radius 3 is 3.25 bits per heavy atom. The van der Waals surface area contributed by atoms with Gasteiger partial charge in [0.15, 0.2) is 0 Å². The lowest BCUT2D eigenvalue weighted by atomic mass is 10.3. The third-order valence-corrected chi connectivity index (χ3v) is 0.466. The standard InChI is InChI=1S/C6H12O2/c1-3-5-6(7)8-4-2/h3-5H2,1-2H3/i1D,3D2,5D2. The summed E-state index contributed by atoms with van der Waals surface area (Å²) in [6.45, 7) is 0.676. The van der Waals surface area contributed by atoms with Crippen LogP contribution in [0.3, 0.4) is 0 Å². The fourth-order valence-electron chi connectivity index (χ4n) is 0.239. The van der Waals surface area contributed by atoms with Crippen LogP contribution in [0.1, 0.15) is 33.4 Å². The maximum absolute atomic E-state index is 10.9. The van der Waals surface area contributed by atoms with Crippen molar-refractivity contribution < 1.29 is 16.4 Å². The van der Waals surface area contributed by atoms with Crippen molar-refractivity contribution in [2.45, 2.75) is 26.6 Å². The van der Waals surface area contributed by atoms with Crippen LogP contribution >= 0.6 is 0 Å². The lowest BCUT2D eigenvalue weighted by Gasteiger charge is -1.96. The van der Waals surface area contributed by atoms with Crippen molar-refractivity contribution in [1.82, 2.24) is 0 Å². The summed E-state index contributed by atoms with van der Waals surface area (Å²) < 4.78 is 39.6. The number of hydrogen-bond donors (Lipinski definition) is 0. The molecule has 0 amide bonds. The van der Waals surface area contributed by atoms with E-state index >= 15 is 0 Å². The van der Waals surface area contributed by atoms with E-state index in [0.717, 1.165) is 0 Å². The van der Waals surface area contributed by atoms with Gasteiger partial charge in [-0.05, 0) is 13.3 Å². The first-order valence-electron chi connectivity index (χ1n) is 4.96. The van der Waals surface area contributed by atoms with Gasteiger partial charge < -0.3 is 4.74 Å². The summed E-state index contributed by atoms with van der Waals surface area (Å²) in [6, 6.07) is 0. The molecule has 0 bridgehead atoms. The molecule has 0 fully saturated rings. The number of carbonyl (C=O) groups is 1. The van der Waals surface area contributed by atoms with E-state index < -0.39 is 25.6 Å². The zero-order valence-corrected chi connectivity index (χ0v) is 4.73. The van der Waals surface area contributed by atoms with Gasteiger partial charge in [0, 0.05) is 13.2 Å². The largest absolute Gasteiger partial charge is 0.466 e. The van der Waals surface area contributed by atoms with E-state index in [-0.39, 0.29) is 6.61 Å². The molecular weight excluding hydrogens is 104 g/mol. The third-order valence-electron chi connectivity index (χ3n) is 0.466. The van der Waals surface area contributed by atoms with Gasteiger partial charge in [0.2, 0.25) is 0 Å². The van der Waals surface area contributed by atoms with Crippen LogP contribution in [0.4, 0.5) is 0 Å². The van der Waals surface area contributed by atoms with Crippen molar-refractivity contribution in [2.75, 3.05) is 6.61 Å². The molecule has 0 aromatic carbocycles. The van der Waals surface area contributed by atoms with Crippen molar-refractivity contribution in [3.8, 4) is 0 Å².